The number of aromatic nitrogens is 6. The number of nitrogens with zero attached hydrogens (tertiary/aromatic N) is 4. The van der Waals surface area contributed by atoms with Crippen LogP contribution in [0.4, 0.5) is 5.69 Å². The first-order chi connectivity index (χ1) is 18.7. The molecular weight excluding hydrogens is 494 g/mol. The van der Waals surface area contributed by atoms with Gasteiger partial charge in [0.25, 0.3) is 5.91 Å². The summed E-state index contributed by atoms with van der Waals surface area (Å²) >= 11 is 1.66. The van der Waals surface area contributed by atoms with Crippen LogP contribution < -0.4 is 5.32 Å². The van der Waals surface area contributed by atoms with E-state index in [0.717, 1.165) is 55.7 Å². The number of rotatable bonds is 5. The van der Waals surface area contributed by atoms with Crippen LogP contribution in [-0.2, 0) is 0 Å². The minimum Gasteiger partial charge on any atom is -0.352 e. The second kappa shape index (κ2) is 9.06. The molecule has 0 unspecified atom stereocenters. The van der Waals surface area contributed by atoms with Gasteiger partial charge in [0.2, 0.25) is 0 Å². The van der Waals surface area contributed by atoms with Gasteiger partial charge in [0.05, 0.1) is 40.5 Å². The van der Waals surface area contributed by atoms with Gasteiger partial charge in [-0.25, -0.2) is 4.98 Å². The molecule has 3 N–H and O–H groups in total. The Morgan fingerprint density at radius 1 is 0.868 bits per heavy atom. The highest BCUT2D eigenvalue weighted by Gasteiger charge is 2.16. The number of amides is 1. The molecule has 0 fully saturated rings. The highest BCUT2D eigenvalue weighted by molar-refractivity contribution is 7.08. The average molecular weight is 514 g/mol. The molecule has 182 valence electrons. The number of thiophene rings is 1. The summed E-state index contributed by atoms with van der Waals surface area (Å²) in [6.07, 6.45) is 7.06. The van der Waals surface area contributed by atoms with Crippen molar-refractivity contribution in [2.24, 2.45) is 0 Å². The van der Waals surface area contributed by atoms with E-state index in [9.17, 15) is 4.79 Å². The number of anilines is 1. The smallest absolute Gasteiger partial charge is 0.255 e. The van der Waals surface area contributed by atoms with Gasteiger partial charge in [-0.15, -0.1) is 0 Å². The summed E-state index contributed by atoms with van der Waals surface area (Å²) in [5, 5.41) is 15.8. The maximum atomic E-state index is 12.6. The summed E-state index contributed by atoms with van der Waals surface area (Å²) in [6.45, 7) is 0. The normalized spacial score (nSPS) is 11.3. The lowest BCUT2D eigenvalue weighted by molar-refractivity contribution is 0.102. The molecule has 7 aromatic rings. The predicted molar refractivity (Wildman–Crippen MR) is 150 cm³/mol. The number of H-pyrrole nitrogens is 2. The summed E-state index contributed by atoms with van der Waals surface area (Å²) in [4.78, 5) is 29.7. The minimum absolute atomic E-state index is 0.194. The lowest BCUT2D eigenvalue weighted by atomic mass is 10.1. The maximum Gasteiger partial charge on any atom is 0.255 e. The number of benzene rings is 1. The zero-order valence-corrected chi connectivity index (χ0v) is 20.7. The SMILES string of the molecule is O=C(Nc1cncc(-c2ccc3[nH]nc(-c4cc5c(-c6ccsc6)cncc5[nH]4)c3n2)c1)c1ccccc1. The van der Waals surface area contributed by atoms with Gasteiger partial charge >= 0.3 is 0 Å². The zero-order chi connectivity index (χ0) is 25.5. The third-order valence-electron chi connectivity index (χ3n) is 6.37. The van der Waals surface area contributed by atoms with Crippen LogP contribution in [0.15, 0.2) is 96.2 Å². The molecule has 0 aliphatic carbocycles. The molecule has 0 radical (unpaired) electrons. The second-order valence-electron chi connectivity index (χ2n) is 8.79. The van der Waals surface area contributed by atoms with Crippen molar-refractivity contribution in [1.82, 2.24) is 30.1 Å². The number of pyridine rings is 3. The summed E-state index contributed by atoms with van der Waals surface area (Å²) in [7, 11) is 0. The van der Waals surface area contributed by atoms with E-state index in [1.165, 1.54) is 0 Å². The van der Waals surface area contributed by atoms with Crippen molar-refractivity contribution in [2.75, 3.05) is 5.32 Å². The first-order valence-corrected chi connectivity index (χ1v) is 12.8. The van der Waals surface area contributed by atoms with Crippen molar-refractivity contribution in [2.45, 2.75) is 0 Å². The first kappa shape index (κ1) is 22.1. The fourth-order valence-corrected chi connectivity index (χ4v) is 5.17. The van der Waals surface area contributed by atoms with E-state index in [2.05, 4.69) is 53.4 Å². The predicted octanol–water partition coefficient (Wildman–Crippen LogP) is 6.54. The Labute approximate surface area is 220 Å². The molecule has 0 aliphatic rings. The third kappa shape index (κ3) is 3.91. The zero-order valence-electron chi connectivity index (χ0n) is 19.8. The Morgan fingerprint density at radius 3 is 2.63 bits per heavy atom. The van der Waals surface area contributed by atoms with Crippen LogP contribution >= 0.6 is 11.3 Å². The van der Waals surface area contributed by atoms with E-state index in [1.54, 1.807) is 35.9 Å². The number of carbonyl (C=O) groups excluding carboxylic acids is 1. The van der Waals surface area contributed by atoms with Crippen LogP contribution in [0.5, 0.6) is 0 Å². The quantitative estimate of drug-likeness (QED) is 0.242. The van der Waals surface area contributed by atoms with Crippen LogP contribution in [0.25, 0.3) is 55.7 Å². The van der Waals surface area contributed by atoms with Crippen molar-refractivity contribution >= 4 is 44.9 Å². The number of hydrogen-bond donors (Lipinski definition) is 3. The minimum atomic E-state index is -0.194. The molecule has 6 heterocycles. The molecule has 0 saturated heterocycles. The molecule has 0 saturated carbocycles. The molecular formula is C29H19N7OS. The van der Waals surface area contributed by atoms with E-state index in [1.807, 2.05) is 48.8 Å². The molecule has 9 heteroatoms. The van der Waals surface area contributed by atoms with Gasteiger partial charge in [-0.05, 0) is 58.8 Å². The Bertz CT molecular complexity index is 1920. The number of aromatic amines is 2. The van der Waals surface area contributed by atoms with Gasteiger partial charge in [-0.3, -0.25) is 19.9 Å². The molecule has 1 amide bonds. The Balaban J connectivity index is 1.25. The third-order valence-corrected chi connectivity index (χ3v) is 7.05. The van der Waals surface area contributed by atoms with Crippen LogP contribution in [0.2, 0.25) is 0 Å². The van der Waals surface area contributed by atoms with Crippen molar-refractivity contribution < 1.29 is 4.79 Å². The lowest BCUT2D eigenvalue weighted by Crippen LogP contribution is -2.11. The maximum absolute atomic E-state index is 12.6. The van der Waals surface area contributed by atoms with Crippen LogP contribution in [0.1, 0.15) is 10.4 Å². The van der Waals surface area contributed by atoms with E-state index < -0.39 is 0 Å². The fourth-order valence-electron chi connectivity index (χ4n) is 4.52. The van der Waals surface area contributed by atoms with Crippen LogP contribution in [0, 0.1) is 0 Å². The van der Waals surface area contributed by atoms with Gasteiger partial charge < -0.3 is 10.3 Å². The number of nitrogens with one attached hydrogen (secondary N) is 3. The molecule has 38 heavy (non-hydrogen) atoms. The summed E-state index contributed by atoms with van der Waals surface area (Å²) in [5.41, 5.74) is 8.94. The largest absolute Gasteiger partial charge is 0.352 e. The Hall–Kier alpha value is -5.15. The van der Waals surface area contributed by atoms with E-state index >= 15 is 0 Å². The molecule has 0 atom stereocenters. The average Bonchev–Trinajstić information content (AvgIpc) is 3.73. The Kier molecular flexibility index (Phi) is 5.26. The van der Waals surface area contributed by atoms with Gasteiger partial charge in [-0.1, -0.05) is 18.2 Å². The number of carbonyl (C=O) groups is 1. The topological polar surface area (TPSA) is 112 Å². The highest BCUT2D eigenvalue weighted by atomic mass is 32.1. The van der Waals surface area contributed by atoms with Crippen molar-refractivity contribution in [1.29, 1.82) is 0 Å². The summed E-state index contributed by atoms with van der Waals surface area (Å²) < 4.78 is 0. The van der Waals surface area contributed by atoms with E-state index in [4.69, 9.17) is 4.98 Å². The molecule has 8 nitrogen and oxygen atoms in total. The monoisotopic (exact) mass is 513 g/mol. The number of fused-ring (bicyclic) bond motifs is 2. The van der Waals surface area contributed by atoms with E-state index in [0.29, 0.717) is 11.3 Å². The standard InChI is InChI=1S/C29H19N7OS/c37-29(17-4-2-1-3-5-17)32-20-10-19(12-30-13-20)23-6-7-24-27(34-23)28(36-35-24)25-11-21-22(18-8-9-38-16-18)14-31-15-26(21)33-25/h1-16,33H,(H,32,37)(H,35,36). The molecule has 7 rings (SSSR count). The van der Waals surface area contributed by atoms with Gasteiger partial charge in [0.1, 0.15) is 11.2 Å². The van der Waals surface area contributed by atoms with Crippen molar-refractivity contribution in [3.63, 3.8) is 0 Å². The van der Waals surface area contributed by atoms with Crippen molar-refractivity contribution in [3.05, 3.63) is 102 Å². The first-order valence-electron chi connectivity index (χ1n) is 11.9. The molecule has 0 bridgehead atoms. The van der Waals surface area contributed by atoms with Crippen LogP contribution in [-0.4, -0.2) is 36.0 Å². The molecule has 6 aromatic heterocycles. The number of hydrogen-bond acceptors (Lipinski definition) is 6. The van der Waals surface area contributed by atoms with Gasteiger partial charge in [-0.2, -0.15) is 16.4 Å². The van der Waals surface area contributed by atoms with E-state index in [-0.39, 0.29) is 5.91 Å². The lowest BCUT2D eigenvalue weighted by Gasteiger charge is -2.07. The highest BCUT2D eigenvalue weighted by Crippen LogP contribution is 2.34. The van der Waals surface area contributed by atoms with Crippen LogP contribution in [0.3, 0.4) is 0 Å². The summed E-state index contributed by atoms with van der Waals surface area (Å²) in [5.74, 6) is -0.194. The van der Waals surface area contributed by atoms with Gasteiger partial charge in [0.15, 0.2) is 0 Å². The Morgan fingerprint density at radius 2 is 1.76 bits per heavy atom. The summed E-state index contributed by atoms with van der Waals surface area (Å²) in [6, 6.07) is 19.0. The molecule has 1 aromatic carbocycles. The molecule has 0 aliphatic heterocycles. The fraction of sp³-hybridized carbons (Fsp3) is 0. The van der Waals surface area contributed by atoms with Crippen molar-refractivity contribution in [3.8, 4) is 33.8 Å². The second-order valence-corrected chi connectivity index (χ2v) is 9.57. The molecule has 0 spiro atoms. The van der Waals surface area contributed by atoms with Gasteiger partial charge in [0, 0.05) is 34.5 Å².